The summed E-state index contributed by atoms with van der Waals surface area (Å²) in [6.07, 6.45) is -2.50. The third kappa shape index (κ3) is 3.40. The highest BCUT2D eigenvalue weighted by Crippen LogP contribution is 2.13. The predicted octanol–water partition coefficient (Wildman–Crippen LogP) is 2.63. The lowest BCUT2D eigenvalue weighted by molar-refractivity contribution is 0.0619. The molecule has 1 rings (SSSR count). The van der Waals surface area contributed by atoms with Crippen LogP contribution in [0.4, 0.5) is 8.78 Å². The molecule has 0 aliphatic heterocycles. The molecule has 0 spiro atoms. The van der Waals surface area contributed by atoms with Gasteiger partial charge in [0.25, 0.3) is 12.3 Å². The minimum Gasteiger partial charge on any atom is -0.336 e. The summed E-state index contributed by atoms with van der Waals surface area (Å²) in [5.41, 5.74) is 0.459. The van der Waals surface area contributed by atoms with Gasteiger partial charge in [-0.1, -0.05) is 12.1 Å². The number of carbonyl (C=O) groups is 1. The Balaban J connectivity index is 2.81. The monoisotopic (exact) mass is 325 g/mol. The van der Waals surface area contributed by atoms with E-state index in [0.29, 0.717) is 5.56 Å². The van der Waals surface area contributed by atoms with Crippen LogP contribution in [0, 0.1) is 3.57 Å². The lowest BCUT2D eigenvalue weighted by atomic mass is 10.2. The lowest BCUT2D eigenvalue weighted by Gasteiger charge is -2.17. The number of carbonyl (C=O) groups excluding carboxylic acids is 1. The van der Waals surface area contributed by atoms with E-state index in [-0.39, 0.29) is 5.91 Å². The van der Waals surface area contributed by atoms with E-state index >= 15 is 0 Å². The van der Waals surface area contributed by atoms with Crippen molar-refractivity contribution in [3.8, 4) is 0 Å². The summed E-state index contributed by atoms with van der Waals surface area (Å²) in [4.78, 5) is 12.7. The second kappa shape index (κ2) is 5.39. The fourth-order valence-electron chi connectivity index (χ4n) is 1.13. The van der Waals surface area contributed by atoms with Gasteiger partial charge in [0.1, 0.15) is 0 Å². The maximum atomic E-state index is 12.1. The van der Waals surface area contributed by atoms with Crippen molar-refractivity contribution >= 4 is 28.5 Å². The van der Waals surface area contributed by atoms with Crippen LogP contribution in [-0.4, -0.2) is 30.8 Å². The SMILES string of the molecule is CN(CC(F)F)C(=O)c1ccccc1I. The topological polar surface area (TPSA) is 20.3 Å². The van der Waals surface area contributed by atoms with E-state index in [2.05, 4.69) is 0 Å². The van der Waals surface area contributed by atoms with Gasteiger partial charge in [0.05, 0.1) is 12.1 Å². The first-order valence-corrected chi connectivity index (χ1v) is 5.38. The third-order valence-corrected chi connectivity index (χ3v) is 2.80. The van der Waals surface area contributed by atoms with Gasteiger partial charge in [0.2, 0.25) is 0 Å². The highest BCUT2D eigenvalue weighted by Gasteiger charge is 2.17. The van der Waals surface area contributed by atoms with Gasteiger partial charge in [-0.15, -0.1) is 0 Å². The second-order valence-electron chi connectivity index (χ2n) is 3.06. The van der Waals surface area contributed by atoms with Crippen molar-refractivity contribution in [3.63, 3.8) is 0 Å². The maximum absolute atomic E-state index is 12.1. The van der Waals surface area contributed by atoms with E-state index in [1.165, 1.54) is 7.05 Å². The number of amides is 1. The first-order chi connectivity index (χ1) is 7.02. The number of rotatable bonds is 3. The van der Waals surface area contributed by atoms with Crippen molar-refractivity contribution in [1.29, 1.82) is 0 Å². The van der Waals surface area contributed by atoms with Crippen LogP contribution in [-0.2, 0) is 0 Å². The van der Waals surface area contributed by atoms with Gasteiger partial charge in [-0.2, -0.15) is 0 Å². The molecule has 0 aliphatic rings. The van der Waals surface area contributed by atoms with Gasteiger partial charge >= 0.3 is 0 Å². The number of alkyl halides is 2. The molecule has 0 N–H and O–H groups in total. The Morgan fingerprint density at radius 1 is 1.47 bits per heavy atom. The highest BCUT2D eigenvalue weighted by atomic mass is 127. The first kappa shape index (κ1) is 12.4. The summed E-state index contributed by atoms with van der Waals surface area (Å²) in [5, 5.41) is 0. The van der Waals surface area contributed by atoms with Crippen LogP contribution >= 0.6 is 22.6 Å². The van der Waals surface area contributed by atoms with Gasteiger partial charge in [-0.25, -0.2) is 8.78 Å². The molecule has 0 saturated carbocycles. The van der Waals surface area contributed by atoms with Crippen molar-refractivity contribution in [2.45, 2.75) is 6.43 Å². The molecule has 0 aromatic heterocycles. The Kier molecular flexibility index (Phi) is 4.44. The summed E-state index contributed by atoms with van der Waals surface area (Å²) in [5.74, 6) is -0.375. The number of nitrogens with zero attached hydrogens (tertiary/aromatic N) is 1. The first-order valence-electron chi connectivity index (χ1n) is 4.30. The van der Waals surface area contributed by atoms with Crippen molar-refractivity contribution in [2.75, 3.05) is 13.6 Å². The molecule has 5 heteroatoms. The molecular formula is C10H10F2INO. The van der Waals surface area contributed by atoms with Crippen molar-refractivity contribution < 1.29 is 13.6 Å². The molecule has 0 atom stereocenters. The Bertz CT molecular complexity index is 357. The quantitative estimate of drug-likeness (QED) is 0.783. The molecular weight excluding hydrogens is 315 g/mol. The van der Waals surface area contributed by atoms with Gasteiger partial charge in [-0.3, -0.25) is 4.79 Å². The Labute approximate surface area is 100 Å². The summed E-state index contributed by atoms with van der Waals surface area (Å²) in [6, 6.07) is 6.91. The van der Waals surface area contributed by atoms with E-state index < -0.39 is 13.0 Å². The molecule has 0 radical (unpaired) electrons. The smallest absolute Gasteiger partial charge is 0.255 e. The predicted molar refractivity (Wildman–Crippen MR) is 62.1 cm³/mol. The summed E-state index contributed by atoms with van der Waals surface area (Å²) < 4.78 is 24.9. The van der Waals surface area contributed by atoms with E-state index in [1.54, 1.807) is 24.3 Å². The molecule has 82 valence electrons. The molecule has 0 aliphatic carbocycles. The normalized spacial score (nSPS) is 10.5. The van der Waals surface area contributed by atoms with Crippen molar-refractivity contribution in [3.05, 3.63) is 33.4 Å². The molecule has 0 fully saturated rings. The Morgan fingerprint density at radius 3 is 2.60 bits per heavy atom. The summed E-state index contributed by atoms with van der Waals surface area (Å²) in [7, 11) is 1.37. The standard InChI is InChI=1S/C10H10F2INO/c1-14(6-9(11)12)10(15)7-4-2-3-5-8(7)13/h2-5,9H,6H2,1H3. The zero-order valence-corrected chi connectivity index (χ0v) is 10.2. The molecule has 0 heterocycles. The molecule has 0 unspecified atom stereocenters. The Morgan fingerprint density at radius 2 is 2.07 bits per heavy atom. The Hall–Kier alpha value is -0.720. The maximum Gasteiger partial charge on any atom is 0.255 e. The zero-order chi connectivity index (χ0) is 11.4. The van der Waals surface area contributed by atoms with E-state index in [0.717, 1.165) is 8.47 Å². The molecule has 2 nitrogen and oxygen atoms in total. The van der Waals surface area contributed by atoms with E-state index in [4.69, 9.17) is 0 Å². The van der Waals surface area contributed by atoms with Crippen LogP contribution in [0.3, 0.4) is 0 Å². The van der Waals surface area contributed by atoms with Gasteiger partial charge in [0.15, 0.2) is 0 Å². The van der Waals surface area contributed by atoms with Gasteiger partial charge in [-0.05, 0) is 34.7 Å². The number of halogens is 3. The summed E-state index contributed by atoms with van der Waals surface area (Å²) in [6.45, 7) is -0.538. The van der Waals surface area contributed by atoms with Crippen LogP contribution in [0.25, 0.3) is 0 Å². The van der Waals surface area contributed by atoms with Crippen LogP contribution in [0.1, 0.15) is 10.4 Å². The zero-order valence-electron chi connectivity index (χ0n) is 8.08. The molecule has 15 heavy (non-hydrogen) atoms. The fourth-order valence-corrected chi connectivity index (χ4v) is 1.75. The number of benzene rings is 1. The molecule has 0 saturated heterocycles. The molecule has 1 aromatic rings. The second-order valence-corrected chi connectivity index (χ2v) is 4.22. The van der Waals surface area contributed by atoms with E-state index in [9.17, 15) is 13.6 Å². The molecule has 1 amide bonds. The average molecular weight is 325 g/mol. The third-order valence-electron chi connectivity index (χ3n) is 1.86. The largest absolute Gasteiger partial charge is 0.336 e. The van der Waals surface area contributed by atoms with E-state index in [1.807, 2.05) is 22.6 Å². The average Bonchev–Trinajstić information content (AvgIpc) is 2.16. The fraction of sp³-hybridized carbons (Fsp3) is 0.300. The van der Waals surface area contributed by atoms with Gasteiger partial charge in [0, 0.05) is 10.6 Å². The minimum absolute atomic E-state index is 0.375. The minimum atomic E-state index is -2.50. The van der Waals surface area contributed by atoms with Crippen LogP contribution in [0.5, 0.6) is 0 Å². The summed E-state index contributed by atoms with van der Waals surface area (Å²) >= 11 is 2.01. The highest BCUT2D eigenvalue weighted by molar-refractivity contribution is 14.1. The number of hydrogen-bond donors (Lipinski definition) is 0. The van der Waals surface area contributed by atoms with Crippen molar-refractivity contribution in [2.24, 2.45) is 0 Å². The molecule has 1 aromatic carbocycles. The van der Waals surface area contributed by atoms with Crippen LogP contribution < -0.4 is 0 Å². The van der Waals surface area contributed by atoms with Crippen LogP contribution in [0.2, 0.25) is 0 Å². The van der Waals surface area contributed by atoms with Crippen molar-refractivity contribution in [1.82, 2.24) is 4.90 Å². The lowest BCUT2D eigenvalue weighted by Crippen LogP contribution is -2.31. The number of hydrogen-bond acceptors (Lipinski definition) is 1. The van der Waals surface area contributed by atoms with Crippen LogP contribution in [0.15, 0.2) is 24.3 Å². The molecule has 0 bridgehead atoms. The van der Waals surface area contributed by atoms with Gasteiger partial charge < -0.3 is 4.90 Å².